The van der Waals surface area contributed by atoms with Crippen LogP contribution in [0.25, 0.3) is 0 Å². The van der Waals surface area contributed by atoms with Gasteiger partial charge < -0.3 is 25.3 Å². The molecule has 3 N–H and O–H groups in total. The molecule has 1 aromatic rings. The van der Waals surface area contributed by atoms with Crippen molar-refractivity contribution in [2.45, 2.75) is 19.9 Å². The van der Waals surface area contributed by atoms with E-state index in [0.29, 0.717) is 30.4 Å². The van der Waals surface area contributed by atoms with Gasteiger partial charge in [0, 0.05) is 6.07 Å². The standard InChI is InChI=1S/C14H20N2O4/c1-9(2)13(15)14(17)16-5-6-18-10-3-4-11-12(7-10)20-8-19-11/h3-4,7,9,13H,5-6,8,15H2,1-2H3,(H,16,17)/t13-/m0/s1. The molecule has 1 aromatic carbocycles. The van der Waals surface area contributed by atoms with Crippen LogP contribution in [0.3, 0.4) is 0 Å². The molecule has 20 heavy (non-hydrogen) atoms. The highest BCUT2D eigenvalue weighted by atomic mass is 16.7. The van der Waals surface area contributed by atoms with Crippen molar-refractivity contribution in [3.8, 4) is 17.2 Å². The molecule has 0 aliphatic carbocycles. The molecule has 6 heteroatoms. The molecule has 0 saturated heterocycles. The molecule has 110 valence electrons. The number of amides is 1. The van der Waals surface area contributed by atoms with Crippen molar-refractivity contribution in [2.24, 2.45) is 11.7 Å². The number of ether oxygens (including phenoxy) is 3. The van der Waals surface area contributed by atoms with Crippen molar-refractivity contribution >= 4 is 5.91 Å². The summed E-state index contributed by atoms with van der Waals surface area (Å²) in [6, 6.07) is 4.88. The molecule has 0 bridgehead atoms. The molecule has 0 radical (unpaired) electrons. The van der Waals surface area contributed by atoms with Gasteiger partial charge in [0.2, 0.25) is 12.7 Å². The highest BCUT2D eigenvalue weighted by Crippen LogP contribution is 2.34. The maximum atomic E-state index is 11.6. The van der Waals surface area contributed by atoms with Crippen LogP contribution in [0.4, 0.5) is 0 Å². The zero-order valence-electron chi connectivity index (χ0n) is 11.7. The van der Waals surface area contributed by atoms with E-state index in [0.717, 1.165) is 0 Å². The van der Waals surface area contributed by atoms with Crippen molar-refractivity contribution in [1.82, 2.24) is 5.32 Å². The molecular weight excluding hydrogens is 260 g/mol. The van der Waals surface area contributed by atoms with Crippen LogP contribution in [0.5, 0.6) is 17.2 Å². The number of hydrogen-bond acceptors (Lipinski definition) is 5. The minimum Gasteiger partial charge on any atom is -0.492 e. The molecule has 1 amide bonds. The first-order chi connectivity index (χ1) is 9.58. The van der Waals surface area contributed by atoms with E-state index in [1.807, 2.05) is 13.8 Å². The third kappa shape index (κ3) is 3.54. The van der Waals surface area contributed by atoms with Crippen molar-refractivity contribution in [1.29, 1.82) is 0 Å². The van der Waals surface area contributed by atoms with Gasteiger partial charge in [0.25, 0.3) is 0 Å². The van der Waals surface area contributed by atoms with Gasteiger partial charge in [-0.05, 0) is 18.1 Å². The van der Waals surface area contributed by atoms with Crippen molar-refractivity contribution in [3.05, 3.63) is 18.2 Å². The average Bonchev–Trinajstić information content (AvgIpc) is 2.89. The number of rotatable bonds is 6. The molecule has 0 aromatic heterocycles. The highest BCUT2D eigenvalue weighted by molar-refractivity contribution is 5.81. The van der Waals surface area contributed by atoms with Crippen molar-refractivity contribution in [3.63, 3.8) is 0 Å². The van der Waals surface area contributed by atoms with E-state index in [-0.39, 0.29) is 18.6 Å². The quantitative estimate of drug-likeness (QED) is 0.756. The van der Waals surface area contributed by atoms with E-state index in [9.17, 15) is 4.79 Å². The Morgan fingerprint density at radius 2 is 2.15 bits per heavy atom. The Labute approximate surface area is 118 Å². The predicted octanol–water partition coefficient (Wildman–Crippen LogP) is 0.894. The van der Waals surface area contributed by atoms with Crippen LogP contribution in [0.2, 0.25) is 0 Å². The summed E-state index contributed by atoms with van der Waals surface area (Å²) in [5.74, 6) is 2.03. The third-order valence-electron chi connectivity index (χ3n) is 3.04. The van der Waals surface area contributed by atoms with Crippen molar-refractivity contribution < 1.29 is 19.0 Å². The summed E-state index contributed by atoms with van der Waals surface area (Å²) in [7, 11) is 0. The molecule has 1 aliphatic heterocycles. The second-order valence-corrected chi connectivity index (χ2v) is 4.92. The third-order valence-corrected chi connectivity index (χ3v) is 3.04. The Balaban J connectivity index is 1.72. The van der Waals surface area contributed by atoms with Crippen LogP contribution in [-0.2, 0) is 4.79 Å². The summed E-state index contributed by atoms with van der Waals surface area (Å²) < 4.78 is 16.0. The summed E-state index contributed by atoms with van der Waals surface area (Å²) in [4.78, 5) is 11.6. The van der Waals surface area contributed by atoms with Gasteiger partial charge in [0.1, 0.15) is 12.4 Å². The number of nitrogens with one attached hydrogen (secondary N) is 1. The van der Waals surface area contributed by atoms with Crippen LogP contribution in [0, 0.1) is 5.92 Å². The summed E-state index contributed by atoms with van der Waals surface area (Å²) in [5.41, 5.74) is 5.73. The Morgan fingerprint density at radius 1 is 1.40 bits per heavy atom. The molecule has 6 nitrogen and oxygen atoms in total. The maximum Gasteiger partial charge on any atom is 0.237 e. The van der Waals surface area contributed by atoms with Gasteiger partial charge in [-0.2, -0.15) is 0 Å². The van der Waals surface area contributed by atoms with E-state index in [1.165, 1.54) is 0 Å². The Kier molecular flexibility index (Phi) is 4.68. The van der Waals surface area contributed by atoms with Crippen molar-refractivity contribution in [2.75, 3.05) is 19.9 Å². The van der Waals surface area contributed by atoms with E-state index >= 15 is 0 Å². The molecule has 2 rings (SSSR count). The number of nitrogens with two attached hydrogens (primary N) is 1. The molecule has 1 aliphatic rings. The van der Waals surface area contributed by atoms with Gasteiger partial charge in [0.05, 0.1) is 12.6 Å². The van der Waals surface area contributed by atoms with Crippen LogP contribution in [0.1, 0.15) is 13.8 Å². The molecule has 0 saturated carbocycles. The van der Waals surface area contributed by atoms with Gasteiger partial charge in [-0.1, -0.05) is 13.8 Å². The normalized spacial score (nSPS) is 14.2. The summed E-state index contributed by atoms with van der Waals surface area (Å²) in [6.45, 7) is 4.84. The second kappa shape index (κ2) is 6.47. The molecule has 1 atom stereocenters. The first-order valence-corrected chi connectivity index (χ1v) is 6.63. The fraction of sp³-hybridized carbons (Fsp3) is 0.500. The number of carbonyl (C=O) groups excluding carboxylic acids is 1. The van der Waals surface area contributed by atoms with E-state index in [2.05, 4.69) is 5.32 Å². The molecule has 0 fully saturated rings. The summed E-state index contributed by atoms with van der Waals surface area (Å²) >= 11 is 0. The van der Waals surface area contributed by atoms with E-state index in [1.54, 1.807) is 18.2 Å². The Morgan fingerprint density at radius 3 is 2.90 bits per heavy atom. The monoisotopic (exact) mass is 280 g/mol. The number of carbonyl (C=O) groups is 1. The Bertz CT molecular complexity index is 476. The summed E-state index contributed by atoms with van der Waals surface area (Å²) in [5, 5.41) is 2.74. The largest absolute Gasteiger partial charge is 0.492 e. The fourth-order valence-corrected chi connectivity index (χ4v) is 1.73. The lowest BCUT2D eigenvalue weighted by Gasteiger charge is -2.15. The van der Waals surface area contributed by atoms with Gasteiger partial charge in [-0.25, -0.2) is 0 Å². The smallest absolute Gasteiger partial charge is 0.237 e. The molecule has 1 heterocycles. The lowest BCUT2D eigenvalue weighted by atomic mass is 10.1. The minimum absolute atomic E-state index is 0.116. The fourth-order valence-electron chi connectivity index (χ4n) is 1.73. The topological polar surface area (TPSA) is 82.8 Å². The van der Waals surface area contributed by atoms with Gasteiger partial charge in [-0.15, -0.1) is 0 Å². The second-order valence-electron chi connectivity index (χ2n) is 4.92. The zero-order chi connectivity index (χ0) is 14.5. The van der Waals surface area contributed by atoms with Crippen LogP contribution in [0.15, 0.2) is 18.2 Å². The van der Waals surface area contributed by atoms with Gasteiger partial charge in [-0.3, -0.25) is 4.79 Å². The predicted molar refractivity (Wildman–Crippen MR) is 73.9 cm³/mol. The van der Waals surface area contributed by atoms with E-state index in [4.69, 9.17) is 19.9 Å². The zero-order valence-corrected chi connectivity index (χ0v) is 11.7. The summed E-state index contributed by atoms with van der Waals surface area (Å²) in [6.07, 6.45) is 0. The minimum atomic E-state index is -0.486. The first kappa shape index (κ1) is 14.5. The number of benzene rings is 1. The van der Waals surface area contributed by atoms with Gasteiger partial charge in [0.15, 0.2) is 11.5 Å². The van der Waals surface area contributed by atoms with Crippen LogP contribution >= 0.6 is 0 Å². The van der Waals surface area contributed by atoms with E-state index < -0.39 is 6.04 Å². The van der Waals surface area contributed by atoms with Gasteiger partial charge >= 0.3 is 0 Å². The number of hydrogen-bond donors (Lipinski definition) is 2. The highest BCUT2D eigenvalue weighted by Gasteiger charge is 2.16. The molecular formula is C14H20N2O4. The lowest BCUT2D eigenvalue weighted by molar-refractivity contribution is -0.123. The lowest BCUT2D eigenvalue weighted by Crippen LogP contribution is -2.45. The Hall–Kier alpha value is -1.95. The van der Waals surface area contributed by atoms with Crippen LogP contribution in [-0.4, -0.2) is 31.9 Å². The average molecular weight is 280 g/mol. The molecule has 0 unspecified atom stereocenters. The van der Waals surface area contributed by atoms with Crippen LogP contribution < -0.4 is 25.3 Å². The molecule has 0 spiro atoms. The first-order valence-electron chi connectivity index (χ1n) is 6.63. The maximum absolute atomic E-state index is 11.6. The number of fused-ring (bicyclic) bond motifs is 1. The SMILES string of the molecule is CC(C)[C@H](N)C(=O)NCCOc1ccc2c(c1)OCO2.